The summed E-state index contributed by atoms with van der Waals surface area (Å²) in [7, 11) is 1.51. The summed E-state index contributed by atoms with van der Waals surface area (Å²) in [6.07, 6.45) is 1.73. The number of methoxy groups -OCH3 is 1. The average Bonchev–Trinajstić information content (AvgIpc) is 3.12. The zero-order chi connectivity index (χ0) is 24.1. The monoisotopic (exact) mass is 475 g/mol. The van der Waals surface area contributed by atoms with Crippen LogP contribution in [0.25, 0.3) is 6.08 Å². The van der Waals surface area contributed by atoms with Gasteiger partial charge in [0, 0.05) is 5.69 Å². The molecule has 3 aromatic rings. The normalized spacial score (nSPS) is 14.2. The molecule has 0 unspecified atom stereocenters. The van der Waals surface area contributed by atoms with Gasteiger partial charge in [0.05, 0.1) is 29.1 Å². The number of nitrogens with zero attached hydrogens (tertiary/aromatic N) is 2. The molecule has 1 N–H and O–H groups in total. The van der Waals surface area contributed by atoms with Gasteiger partial charge in [0.2, 0.25) is 0 Å². The van der Waals surface area contributed by atoms with Gasteiger partial charge in [-0.3, -0.25) is 9.59 Å². The predicted molar refractivity (Wildman–Crippen MR) is 134 cm³/mol. The largest absolute Gasteiger partial charge is 0.493 e. The number of halogens is 1. The highest BCUT2D eigenvalue weighted by Gasteiger charge is 2.29. The number of nitrogens with one attached hydrogen (secondary N) is 1. The maximum Gasteiger partial charge on any atom is 0.280 e. The van der Waals surface area contributed by atoms with Gasteiger partial charge in [-0.25, -0.2) is 0 Å². The van der Waals surface area contributed by atoms with E-state index in [1.54, 1.807) is 67.6 Å². The number of benzene rings is 3. The minimum atomic E-state index is -0.289. The molecular weight excluding hydrogens is 454 g/mol. The molecule has 3 aromatic carbocycles. The van der Waals surface area contributed by atoms with Crippen LogP contribution in [0.2, 0.25) is 5.02 Å². The van der Waals surface area contributed by atoms with Crippen LogP contribution < -0.4 is 19.8 Å². The van der Waals surface area contributed by atoms with Crippen molar-refractivity contribution in [3.8, 4) is 11.5 Å². The lowest BCUT2D eigenvalue weighted by molar-refractivity contribution is -0.118. The Morgan fingerprint density at radius 1 is 1.06 bits per heavy atom. The van der Waals surface area contributed by atoms with Gasteiger partial charge >= 0.3 is 0 Å². The van der Waals surface area contributed by atoms with Crippen molar-refractivity contribution in [1.82, 2.24) is 0 Å². The van der Waals surface area contributed by atoms with E-state index in [1.165, 1.54) is 12.1 Å². The number of carbonyl (C=O) groups excluding carboxylic acids is 2. The van der Waals surface area contributed by atoms with Crippen LogP contribution in [0.1, 0.15) is 12.5 Å². The van der Waals surface area contributed by atoms with E-state index in [-0.39, 0.29) is 18.4 Å². The first-order valence-corrected chi connectivity index (χ1v) is 10.9. The molecule has 0 bridgehead atoms. The van der Waals surface area contributed by atoms with Gasteiger partial charge in [-0.15, -0.1) is 0 Å². The van der Waals surface area contributed by atoms with E-state index in [0.29, 0.717) is 39.2 Å². The molecule has 0 saturated heterocycles. The number of rotatable bonds is 7. The topological polar surface area (TPSA) is 80.2 Å². The number of para-hydroxylation sites is 2. The van der Waals surface area contributed by atoms with Crippen molar-refractivity contribution in [2.45, 2.75) is 6.92 Å². The molecule has 0 fully saturated rings. The van der Waals surface area contributed by atoms with Crippen molar-refractivity contribution in [3.05, 3.63) is 89.0 Å². The average molecular weight is 476 g/mol. The Balaban J connectivity index is 1.48. The van der Waals surface area contributed by atoms with Gasteiger partial charge in [0.1, 0.15) is 0 Å². The summed E-state index contributed by atoms with van der Waals surface area (Å²) in [5.41, 5.74) is 2.94. The number of amides is 2. The highest BCUT2D eigenvalue weighted by molar-refractivity contribution is 6.37. The second kappa shape index (κ2) is 10.2. The van der Waals surface area contributed by atoms with E-state index in [0.717, 1.165) is 5.56 Å². The second-order valence-electron chi connectivity index (χ2n) is 7.42. The first kappa shape index (κ1) is 23.1. The molecule has 8 heteroatoms. The Bertz CT molecular complexity index is 1290. The summed E-state index contributed by atoms with van der Waals surface area (Å²) in [6, 6.07) is 21.4. The van der Waals surface area contributed by atoms with Crippen LogP contribution in [0.4, 0.5) is 11.4 Å². The minimum absolute atomic E-state index is 0.178. The maximum atomic E-state index is 13.0. The van der Waals surface area contributed by atoms with Gasteiger partial charge in [0.25, 0.3) is 11.8 Å². The van der Waals surface area contributed by atoms with Crippen molar-refractivity contribution in [2.24, 2.45) is 5.10 Å². The van der Waals surface area contributed by atoms with Crippen molar-refractivity contribution in [2.75, 3.05) is 24.0 Å². The third-order valence-electron chi connectivity index (χ3n) is 5.06. The molecule has 0 aliphatic carbocycles. The fraction of sp³-hybridized carbons (Fsp3) is 0.115. The minimum Gasteiger partial charge on any atom is -0.493 e. The van der Waals surface area contributed by atoms with Gasteiger partial charge in [0.15, 0.2) is 18.1 Å². The molecule has 0 saturated carbocycles. The van der Waals surface area contributed by atoms with Crippen molar-refractivity contribution >= 4 is 46.6 Å². The van der Waals surface area contributed by atoms with Gasteiger partial charge in [-0.05, 0) is 55.0 Å². The number of ether oxygens (including phenoxy) is 2. The fourth-order valence-electron chi connectivity index (χ4n) is 3.39. The Morgan fingerprint density at radius 3 is 2.53 bits per heavy atom. The molecule has 0 spiro atoms. The quantitative estimate of drug-likeness (QED) is 0.478. The summed E-state index contributed by atoms with van der Waals surface area (Å²) in [5.74, 6) is 0.281. The van der Waals surface area contributed by atoms with E-state index in [2.05, 4.69) is 10.4 Å². The molecule has 172 valence electrons. The maximum absolute atomic E-state index is 13.0. The van der Waals surface area contributed by atoms with Crippen molar-refractivity contribution < 1.29 is 19.1 Å². The third-order valence-corrected chi connectivity index (χ3v) is 5.38. The van der Waals surface area contributed by atoms with E-state index in [9.17, 15) is 9.59 Å². The summed E-state index contributed by atoms with van der Waals surface area (Å²) in [4.78, 5) is 25.2. The molecule has 1 heterocycles. The molecule has 0 atom stereocenters. The van der Waals surface area contributed by atoms with Crippen LogP contribution in [0, 0.1) is 0 Å². The van der Waals surface area contributed by atoms with Crippen LogP contribution in [0.15, 0.2) is 83.5 Å². The van der Waals surface area contributed by atoms with E-state index >= 15 is 0 Å². The van der Waals surface area contributed by atoms with Crippen LogP contribution in [0.5, 0.6) is 11.5 Å². The van der Waals surface area contributed by atoms with E-state index in [4.69, 9.17) is 21.1 Å². The van der Waals surface area contributed by atoms with Gasteiger partial charge in [-0.1, -0.05) is 48.0 Å². The lowest BCUT2D eigenvalue weighted by Gasteiger charge is -2.13. The van der Waals surface area contributed by atoms with E-state index < -0.39 is 0 Å². The fourth-order valence-corrected chi connectivity index (χ4v) is 3.61. The SMILES string of the molecule is COc1cc(/C=C2/C(=O)N(c3ccccc3Cl)N=C2C)ccc1OCC(=O)Nc1ccccc1. The van der Waals surface area contributed by atoms with Gasteiger partial charge < -0.3 is 14.8 Å². The number of hydrogen-bond acceptors (Lipinski definition) is 5. The second-order valence-corrected chi connectivity index (χ2v) is 7.83. The number of hydrogen-bond donors (Lipinski definition) is 1. The first-order valence-electron chi connectivity index (χ1n) is 10.5. The zero-order valence-electron chi connectivity index (χ0n) is 18.6. The van der Waals surface area contributed by atoms with Gasteiger partial charge in [-0.2, -0.15) is 10.1 Å². The number of carbonyl (C=O) groups is 2. The number of anilines is 2. The smallest absolute Gasteiger partial charge is 0.280 e. The van der Waals surface area contributed by atoms with Crippen molar-refractivity contribution in [3.63, 3.8) is 0 Å². The molecule has 34 heavy (non-hydrogen) atoms. The standard InChI is InChI=1S/C26H22ClN3O4/c1-17-20(26(32)30(29-17)22-11-7-6-10-21(22)27)14-18-12-13-23(24(15-18)33-2)34-16-25(31)28-19-8-4-3-5-9-19/h3-15H,16H2,1-2H3,(H,28,31)/b20-14+. The van der Waals surface area contributed by atoms with Crippen LogP contribution in [-0.4, -0.2) is 31.2 Å². The highest BCUT2D eigenvalue weighted by atomic mass is 35.5. The third kappa shape index (κ3) is 5.10. The lowest BCUT2D eigenvalue weighted by atomic mass is 10.1. The summed E-state index contributed by atoms with van der Waals surface area (Å²) >= 11 is 6.24. The Hall–Kier alpha value is -4.10. The molecule has 0 radical (unpaired) electrons. The van der Waals surface area contributed by atoms with Crippen LogP contribution >= 0.6 is 11.6 Å². The molecule has 0 aromatic heterocycles. The lowest BCUT2D eigenvalue weighted by Crippen LogP contribution is -2.21. The summed E-state index contributed by atoms with van der Waals surface area (Å²) in [5, 5.41) is 8.86. The van der Waals surface area contributed by atoms with Crippen LogP contribution in [0.3, 0.4) is 0 Å². The predicted octanol–water partition coefficient (Wildman–Crippen LogP) is 5.17. The molecule has 1 aliphatic heterocycles. The Morgan fingerprint density at radius 2 is 1.79 bits per heavy atom. The molecule has 1 aliphatic rings. The molecule has 7 nitrogen and oxygen atoms in total. The Kier molecular flexibility index (Phi) is 6.94. The first-order chi connectivity index (χ1) is 16.5. The highest BCUT2D eigenvalue weighted by Crippen LogP contribution is 2.32. The summed E-state index contributed by atoms with van der Waals surface area (Å²) in [6.45, 7) is 1.59. The summed E-state index contributed by atoms with van der Waals surface area (Å²) < 4.78 is 11.1. The van der Waals surface area contributed by atoms with Crippen molar-refractivity contribution in [1.29, 1.82) is 0 Å². The zero-order valence-corrected chi connectivity index (χ0v) is 19.4. The molecule has 2 amide bonds. The number of hydrazone groups is 1. The Labute approximate surface area is 202 Å². The molecular formula is C26H22ClN3O4. The molecule has 4 rings (SSSR count). The van der Waals surface area contributed by atoms with E-state index in [1.807, 2.05) is 18.2 Å². The van der Waals surface area contributed by atoms with Crippen LogP contribution in [-0.2, 0) is 9.59 Å².